The highest BCUT2D eigenvalue weighted by Gasteiger charge is 2.24. The monoisotopic (exact) mass is 432 g/mol. The Bertz CT molecular complexity index is 1870. The Balaban J connectivity index is 2.05. The molecule has 4 aromatic carbocycles. The minimum Gasteiger partial charge on any atom is -0.422 e. The van der Waals surface area contributed by atoms with Gasteiger partial charge in [0.05, 0.1) is 16.2 Å². The maximum atomic E-state index is 13.3. The van der Waals surface area contributed by atoms with Gasteiger partial charge in [0.2, 0.25) is 0 Å². The van der Waals surface area contributed by atoms with Gasteiger partial charge in [-0.05, 0) is 18.2 Å². The lowest BCUT2D eigenvalue weighted by Gasteiger charge is -2.13. The predicted octanol–water partition coefficient (Wildman–Crippen LogP) is 5.47. The number of para-hydroxylation sites is 3. The van der Waals surface area contributed by atoms with Gasteiger partial charge in [0.15, 0.2) is 0 Å². The molecule has 0 fully saturated rings. The highest BCUT2D eigenvalue weighted by atomic mass is 16.4. The van der Waals surface area contributed by atoms with E-state index >= 15 is 0 Å². The molecule has 0 radical (unpaired) electrons. The first-order valence-corrected chi connectivity index (χ1v) is 10.3. The molecule has 156 valence electrons. The van der Waals surface area contributed by atoms with Gasteiger partial charge in [-0.2, -0.15) is 0 Å². The van der Waals surface area contributed by atoms with Crippen LogP contribution in [0.5, 0.6) is 0 Å². The Hall–Kier alpha value is -4.71. The zero-order chi connectivity index (χ0) is 22.3. The first kappa shape index (κ1) is 17.9. The first-order valence-electron chi connectivity index (χ1n) is 10.3. The molecule has 0 aliphatic heterocycles. The molecule has 0 aliphatic carbocycles. The molecule has 7 rings (SSSR count). The Kier molecular flexibility index (Phi) is 3.35. The third-order valence-corrected chi connectivity index (χ3v) is 6.19. The topological polar surface area (TPSA) is 90.6 Å². The smallest absolute Gasteiger partial charge is 0.344 e. The van der Waals surface area contributed by atoms with E-state index in [2.05, 4.69) is 0 Å². The molecule has 7 aromatic rings. The Morgan fingerprint density at radius 3 is 0.939 bits per heavy atom. The molecule has 0 saturated carbocycles. The fraction of sp³-hybridized carbons (Fsp3) is 0. The van der Waals surface area contributed by atoms with Crippen molar-refractivity contribution in [2.24, 2.45) is 0 Å². The zero-order valence-corrected chi connectivity index (χ0v) is 16.9. The summed E-state index contributed by atoms with van der Waals surface area (Å²) >= 11 is 0. The van der Waals surface area contributed by atoms with Crippen LogP contribution in [0.25, 0.3) is 65.2 Å². The Morgan fingerprint density at radius 2 is 0.636 bits per heavy atom. The lowest BCUT2D eigenvalue weighted by molar-refractivity contribution is 0.566. The third-order valence-electron chi connectivity index (χ3n) is 6.19. The van der Waals surface area contributed by atoms with Crippen molar-refractivity contribution in [1.82, 2.24) is 0 Å². The summed E-state index contributed by atoms with van der Waals surface area (Å²) in [5.74, 6) is 0. The molecule has 3 heterocycles. The molecule has 0 aliphatic rings. The molecule has 0 atom stereocenters. The number of rotatable bonds is 0. The second-order valence-corrected chi connectivity index (χ2v) is 7.91. The highest BCUT2D eigenvalue weighted by molar-refractivity contribution is 6.37. The normalized spacial score (nSPS) is 12.0. The Labute approximate surface area is 182 Å². The van der Waals surface area contributed by atoms with Crippen LogP contribution in [-0.2, 0) is 0 Å². The lowest BCUT2D eigenvalue weighted by Crippen LogP contribution is -2.11. The average Bonchev–Trinajstić information content (AvgIpc) is 2.83. The van der Waals surface area contributed by atoms with Crippen molar-refractivity contribution in [3.63, 3.8) is 0 Å². The van der Waals surface area contributed by atoms with Crippen molar-refractivity contribution in [2.45, 2.75) is 0 Å². The summed E-state index contributed by atoms with van der Waals surface area (Å²) in [6, 6.07) is 21.0. The SMILES string of the molecule is O=c1oc2ccccc2c2c1c1c3ccccc3oc(=O)c1c1c3ccccc3oc(=O)c21. The van der Waals surface area contributed by atoms with Crippen molar-refractivity contribution in [2.75, 3.05) is 0 Å². The van der Waals surface area contributed by atoms with Crippen molar-refractivity contribution in [1.29, 1.82) is 0 Å². The summed E-state index contributed by atoms with van der Waals surface area (Å²) in [4.78, 5) is 40.0. The standard InChI is InChI=1S/C27H12O6/c28-25-22-19(13-7-1-4-10-16(13)31-25)23-21(14-8-2-5-11-17(14)32-26(23)29)24-20(22)15-9-3-6-12-18(15)33-27(24)30/h1-12H. The number of benzene rings is 4. The number of hydrogen-bond acceptors (Lipinski definition) is 6. The van der Waals surface area contributed by atoms with Crippen LogP contribution in [0.1, 0.15) is 0 Å². The van der Waals surface area contributed by atoms with Gasteiger partial charge in [0, 0.05) is 32.3 Å². The van der Waals surface area contributed by atoms with Crippen molar-refractivity contribution in [3.05, 3.63) is 104 Å². The summed E-state index contributed by atoms with van der Waals surface area (Å²) in [7, 11) is 0. The fourth-order valence-corrected chi connectivity index (χ4v) is 4.91. The molecule has 0 unspecified atom stereocenters. The summed E-state index contributed by atoms with van der Waals surface area (Å²) in [5, 5.41) is 3.42. The molecule has 0 spiro atoms. The van der Waals surface area contributed by atoms with Crippen LogP contribution in [0.15, 0.2) is 100 Å². The van der Waals surface area contributed by atoms with Gasteiger partial charge in [-0.15, -0.1) is 0 Å². The number of fused-ring (bicyclic) bond motifs is 12. The van der Waals surface area contributed by atoms with Crippen LogP contribution in [0.2, 0.25) is 0 Å². The van der Waals surface area contributed by atoms with Gasteiger partial charge in [0.25, 0.3) is 0 Å². The third kappa shape index (κ3) is 2.24. The molecule has 0 amide bonds. The van der Waals surface area contributed by atoms with Crippen molar-refractivity contribution < 1.29 is 13.3 Å². The molecule has 6 heteroatoms. The predicted molar refractivity (Wildman–Crippen MR) is 127 cm³/mol. The van der Waals surface area contributed by atoms with E-state index in [9.17, 15) is 14.4 Å². The minimum atomic E-state index is -0.640. The van der Waals surface area contributed by atoms with E-state index in [1.54, 1.807) is 72.8 Å². The molecule has 0 saturated heterocycles. The van der Waals surface area contributed by atoms with Crippen LogP contribution in [0.3, 0.4) is 0 Å². The van der Waals surface area contributed by atoms with Gasteiger partial charge in [-0.3, -0.25) is 0 Å². The molecule has 33 heavy (non-hydrogen) atoms. The van der Waals surface area contributed by atoms with Crippen LogP contribution >= 0.6 is 0 Å². The quantitative estimate of drug-likeness (QED) is 0.233. The van der Waals surface area contributed by atoms with Gasteiger partial charge in [-0.25, -0.2) is 14.4 Å². The second-order valence-electron chi connectivity index (χ2n) is 7.91. The molecule has 0 N–H and O–H groups in total. The molecular weight excluding hydrogens is 420 g/mol. The average molecular weight is 432 g/mol. The van der Waals surface area contributed by atoms with Crippen LogP contribution < -0.4 is 16.9 Å². The lowest BCUT2D eigenvalue weighted by atomic mass is 9.92. The molecule has 6 nitrogen and oxygen atoms in total. The van der Waals surface area contributed by atoms with Gasteiger partial charge >= 0.3 is 16.9 Å². The van der Waals surface area contributed by atoms with E-state index in [0.717, 1.165) is 0 Å². The Morgan fingerprint density at radius 1 is 0.364 bits per heavy atom. The number of hydrogen-bond donors (Lipinski definition) is 0. The maximum Gasteiger partial charge on any atom is 0.344 e. The van der Waals surface area contributed by atoms with Gasteiger partial charge in [-0.1, -0.05) is 54.6 Å². The van der Waals surface area contributed by atoms with Crippen LogP contribution in [0, 0.1) is 0 Å². The highest BCUT2D eigenvalue weighted by Crippen LogP contribution is 2.40. The summed E-state index contributed by atoms with van der Waals surface area (Å²) in [5.41, 5.74) is -0.891. The molecule has 3 aromatic heterocycles. The summed E-state index contributed by atoms with van der Waals surface area (Å²) < 4.78 is 16.9. The van der Waals surface area contributed by atoms with E-state index < -0.39 is 16.9 Å². The van der Waals surface area contributed by atoms with Crippen molar-refractivity contribution >= 4 is 65.2 Å². The van der Waals surface area contributed by atoms with E-state index in [4.69, 9.17) is 13.3 Å². The fourth-order valence-electron chi connectivity index (χ4n) is 4.91. The van der Waals surface area contributed by atoms with Crippen molar-refractivity contribution in [3.8, 4) is 0 Å². The van der Waals surface area contributed by atoms with Crippen LogP contribution in [0.4, 0.5) is 0 Å². The van der Waals surface area contributed by atoms with E-state index in [-0.39, 0.29) is 16.2 Å². The van der Waals surface area contributed by atoms with Gasteiger partial charge < -0.3 is 13.3 Å². The first-order chi connectivity index (χ1) is 16.1. The maximum absolute atomic E-state index is 13.3. The largest absolute Gasteiger partial charge is 0.422 e. The second kappa shape index (κ2) is 6.17. The minimum absolute atomic E-state index is 0.155. The summed E-state index contributed by atoms with van der Waals surface area (Å²) in [6.45, 7) is 0. The van der Waals surface area contributed by atoms with E-state index in [0.29, 0.717) is 49.1 Å². The molecule has 0 bridgehead atoms. The van der Waals surface area contributed by atoms with E-state index in [1.807, 2.05) is 0 Å². The zero-order valence-electron chi connectivity index (χ0n) is 16.9. The van der Waals surface area contributed by atoms with Crippen LogP contribution in [-0.4, -0.2) is 0 Å². The summed E-state index contributed by atoms with van der Waals surface area (Å²) in [6.07, 6.45) is 0. The molecular formula is C27H12O6. The van der Waals surface area contributed by atoms with E-state index in [1.165, 1.54) is 0 Å². The van der Waals surface area contributed by atoms with Gasteiger partial charge in [0.1, 0.15) is 16.7 Å².